The Morgan fingerprint density at radius 3 is 1.70 bits per heavy atom. The molecule has 0 aliphatic rings. The van der Waals surface area contributed by atoms with E-state index in [1.807, 2.05) is 0 Å². The molecule has 1 aromatic heterocycles. The van der Waals surface area contributed by atoms with Gasteiger partial charge in [0, 0.05) is 11.8 Å². The summed E-state index contributed by atoms with van der Waals surface area (Å²) in [6.07, 6.45) is 0.843. The van der Waals surface area contributed by atoms with Gasteiger partial charge in [-0.15, -0.1) is 0 Å². The van der Waals surface area contributed by atoms with Crippen LogP contribution in [0.15, 0.2) is 188 Å². The number of para-hydroxylation sites is 2. The Labute approximate surface area is 309 Å². The Hall–Kier alpha value is -6.77. The minimum atomic E-state index is 0.843. The van der Waals surface area contributed by atoms with Crippen LogP contribution in [-0.2, 0) is 6.42 Å². The van der Waals surface area contributed by atoms with Crippen LogP contribution >= 0.6 is 0 Å². The topological polar surface area (TPSA) is 17.8 Å². The smallest absolute Gasteiger partial charge is 0.114 e. The Balaban J connectivity index is 1.32. The van der Waals surface area contributed by atoms with Gasteiger partial charge in [0.15, 0.2) is 0 Å². The van der Waals surface area contributed by atoms with Crippen LogP contribution in [-0.4, -0.2) is 9.55 Å². The van der Waals surface area contributed by atoms with E-state index in [4.69, 9.17) is 4.98 Å². The average molecular weight is 677 g/mol. The number of fused-ring (bicyclic) bond motifs is 4. The van der Waals surface area contributed by atoms with Gasteiger partial charge in [-0.05, 0) is 95.7 Å². The molecule has 0 radical (unpaired) electrons. The molecule has 0 saturated heterocycles. The van der Waals surface area contributed by atoms with Crippen LogP contribution in [0.5, 0.6) is 0 Å². The zero-order chi connectivity index (χ0) is 35.3. The van der Waals surface area contributed by atoms with Crippen molar-refractivity contribution in [3.63, 3.8) is 0 Å². The summed E-state index contributed by atoms with van der Waals surface area (Å²) >= 11 is 0. The number of nitrogens with zero attached hydrogens (tertiary/aromatic N) is 2. The fraction of sp³-hybridized carbons (Fsp3) is 0.0392. The second kappa shape index (κ2) is 12.8. The zero-order valence-electron chi connectivity index (χ0n) is 29.5. The van der Waals surface area contributed by atoms with E-state index >= 15 is 0 Å². The Morgan fingerprint density at radius 2 is 0.962 bits per heavy atom. The molecule has 0 bridgehead atoms. The second-order valence-corrected chi connectivity index (χ2v) is 13.7. The Bertz CT molecular complexity index is 2970. The van der Waals surface area contributed by atoms with Gasteiger partial charge < -0.3 is 0 Å². The first kappa shape index (κ1) is 31.0. The van der Waals surface area contributed by atoms with Crippen LogP contribution in [0, 0.1) is 0 Å². The molecule has 0 spiro atoms. The van der Waals surface area contributed by atoms with E-state index < -0.39 is 0 Å². The molecule has 0 unspecified atom stereocenters. The maximum atomic E-state index is 5.04. The summed E-state index contributed by atoms with van der Waals surface area (Å²) in [4.78, 5) is 5.04. The molecule has 10 rings (SSSR count). The maximum absolute atomic E-state index is 5.04. The summed E-state index contributed by atoms with van der Waals surface area (Å²) in [6, 6.07) is 68.5. The van der Waals surface area contributed by atoms with Gasteiger partial charge in [-0.2, -0.15) is 0 Å². The van der Waals surface area contributed by atoms with Crippen LogP contribution < -0.4 is 0 Å². The Kier molecular flexibility index (Phi) is 7.47. The summed E-state index contributed by atoms with van der Waals surface area (Å²) in [5, 5.41) is 7.39. The van der Waals surface area contributed by atoms with Crippen molar-refractivity contribution in [2.45, 2.75) is 13.3 Å². The monoisotopic (exact) mass is 676 g/mol. The number of rotatable bonds is 6. The molecule has 9 aromatic carbocycles. The number of hydrogen-bond donors (Lipinski definition) is 0. The lowest BCUT2D eigenvalue weighted by molar-refractivity contribution is 0.913. The van der Waals surface area contributed by atoms with Gasteiger partial charge in [0.2, 0.25) is 0 Å². The average Bonchev–Trinajstić information content (AvgIpc) is 3.61. The van der Waals surface area contributed by atoms with E-state index in [2.05, 4.69) is 200 Å². The first-order valence-corrected chi connectivity index (χ1v) is 18.5. The highest BCUT2D eigenvalue weighted by atomic mass is 15.1. The number of aromatic nitrogens is 2. The van der Waals surface area contributed by atoms with Crippen LogP contribution in [0.25, 0.3) is 93.5 Å². The third-order valence-electron chi connectivity index (χ3n) is 10.8. The highest BCUT2D eigenvalue weighted by Crippen LogP contribution is 2.48. The molecule has 0 saturated carbocycles. The van der Waals surface area contributed by atoms with Crippen LogP contribution in [0.1, 0.15) is 12.7 Å². The van der Waals surface area contributed by atoms with Crippen molar-refractivity contribution in [3.05, 3.63) is 194 Å². The normalized spacial score (nSPS) is 11.6. The minimum absolute atomic E-state index is 0.843. The number of aryl methyl sites for hydroxylation is 1. The number of imidazole rings is 1. The summed E-state index contributed by atoms with van der Waals surface area (Å²) in [6.45, 7) is 2.19. The minimum Gasteiger partial charge on any atom is -0.296 e. The predicted octanol–water partition coefficient (Wildman–Crippen LogP) is 13.7. The van der Waals surface area contributed by atoms with Crippen LogP contribution in [0.4, 0.5) is 0 Å². The van der Waals surface area contributed by atoms with E-state index in [-0.39, 0.29) is 0 Å². The molecule has 0 aliphatic carbocycles. The van der Waals surface area contributed by atoms with Gasteiger partial charge in [0.05, 0.1) is 16.7 Å². The van der Waals surface area contributed by atoms with Crippen molar-refractivity contribution in [1.82, 2.24) is 9.55 Å². The maximum Gasteiger partial charge on any atom is 0.114 e. The molecule has 0 fully saturated rings. The van der Waals surface area contributed by atoms with Crippen molar-refractivity contribution in [3.8, 4) is 50.2 Å². The molecule has 0 atom stereocenters. The van der Waals surface area contributed by atoms with Gasteiger partial charge in [-0.3, -0.25) is 4.57 Å². The molecule has 1 heterocycles. The summed E-state index contributed by atoms with van der Waals surface area (Å²) < 4.78 is 2.35. The number of hydrogen-bond acceptors (Lipinski definition) is 1. The first-order chi connectivity index (χ1) is 26.3. The van der Waals surface area contributed by atoms with Gasteiger partial charge in [-0.1, -0.05) is 171 Å². The van der Waals surface area contributed by atoms with Crippen molar-refractivity contribution in [2.75, 3.05) is 0 Å². The van der Waals surface area contributed by atoms with Crippen molar-refractivity contribution < 1.29 is 0 Å². The van der Waals surface area contributed by atoms with Gasteiger partial charge >= 0.3 is 0 Å². The van der Waals surface area contributed by atoms with E-state index in [0.29, 0.717) is 0 Å². The molecular formula is C51H36N2. The Morgan fingerprint density at radius 1 is 0.396 bits per heavy atom. The lowest BCUT2D eigenvalue weighted by Gasteiger charge is -2.22. The van der Waals surface area contributed by atoms with E-state index in [9.17, 15) is 0 Å². The SMILES string of the molecule is CCc1nc2ccccc2n1-c1ccc(-c2c3ccccc3c(-c3ccccc3-c3ccccc3)c3cc(-c4ccccc4)ccc23)c2ccccc12. The molecule has 10 aromatic rings. The largest absolute Gasteiger partial charge is 0.296 e. The van der Waals surface area contributed by atoms with Gasteiger partial charge in [0.25, 0.3) is 0 Å². The first-order valence-electron chi connectivity index (χ1n) is 18.5. The molecule has 53 heavy (non-hydrogen) atoms. The van der Waals surface area contributed by atoms with E-state index in [1.54, 1.807) is 0 Å². The zero-order valence-corrected chi connectivity index (χ0v) is 29.5. The molecule has 2 heteroatoms. The molecule has 0 N–H and O–H groups in total. The molecule has 250 valence electrons. The summed E-state index contributed by atoms with van der Waals surface area (Å²) in [7, 11) is 0. The van der Waals surface area contributed by atoms with Crippen LogP contribution in [0.3, 0.4) is 0 Å². The lowest BCUT2D eigenvalue weighted by Crippen LogP contribution is -2.01. The highest BCUT2D eigenvalue weighted by Gasteiger charge is 2.22. The third-order valence-corrected chi connectivity index (χ3v) is 10.8. The van der Waals surface area contributed by atoms with Crippen molar-refractivity contribution >= 4 is 43.4 Å². The fourth-order valence-corrected chi connectivity index (χ4v) is 8.42. The lowest BCUT2D eigenvalue weighted by atomic mass is 9.82. The second-order valence-electron chi connectivity index (χ2n) is 13.7. The van der Waals surface area contributed by atoms with Gasteiger partial charge in [0.1, 0.15) is 5.82 Å². The summed E-state index contributed by atoms with van der Waals surface area (Å²) in [5.74, 6) is 1.06. The molecule has 2 nitrogen and oxygen atoms in total. The summed E-state index contributed by atoms with van der Waals surface area (Å²) in [5.41, 5.74) is 13.1. The molecular weight excluding hydrogens is 641 g/mol. The van der Waals surface area contributed by atoms with E-state index in [0.717, 1.165) is 29.0 Å². The standard InChI is InChI=1S/C51H36N2/c1-2-49-52-46-27-15-16-28-48(46)53(49)47-32-31-43(38-22-10-11-23-39(38)47)50-41-25-13-14-26-42(41)51(40-24-12-9-21-37(40)35-19-7-4-8-20-35)45-33-36(29-30-44(45)50)34-17-5-3-6-18-34/h3-33H,2H2,1H3. The molecule has 0 aliphatic heterocycles. The van der Waals surface area contributed by atoms with Gasteiger partial charge in [-0.25, -0.2) is 4.98 Å². The number of benzene rings is 9. The predicted molar refractivity (Wildman–Crippen MR) is 225 cm³/mol. The van der Waals surface area contributed by atoms with Crippen molar-refractivity contribution in [1.29, 1.82) is 0 Å². The fourth-order valence-electron chi connectivity index (χ4n) is 8.42. The van der Waals surface area contributed by atoms with Crippen LogP contribution in [0.2, 0.25) is 0 Å². The van der Waals surface area contributed by atoms with E-state index in [1.165, 1.54) is 76.8 Å². The quantitative estimate of drug-likeness (QED) is 0.160. The third kappa shape index (κ3) is 5.06. The van der Waals surface area contributed by atoms with Crippen molar-refractivity contribution in [2.24, 2.45) is 0 Å². The highest BCUT2D eigenvalue weighted by molar-refractivity contribution is 6.25. The molecule has 0 amide bonds.